The molecule has 0 nitrogen and oxygen atoms in total. The summed E-state index contributed by atoms with van der Waals surface area (Å²) in [6, 6.07) is 0. The highest BCUT2D eigenvalue weighted by Crippen LogP contribution is 2.45. The molecule has 0 saturated heterocycles. The summed E-state index contributed by atoms with van der Waals surface area (Å²) in [6.07, 6.45) is 2.86. The van der Waals surface area contributed by atoms with Crippen molar-refractivity contribution in [3.05, 3.63) is 12.2 Å². The molecule has 1 aliphatic carbocycles. The van der Waals surface area contributed by atoms with Crippen LogP contribution < -0.4 is 0 Å². The van der Waals surface area contributed by atoms with Crippen LogP contribution in [0, 0.1) is 53.3 Å². The zero-order chi connectivity index (χ0) is 17.2. The molecule has 0 heterocycles. The molecule has 0 bridgehead atoms. The van der Waals surface area contributed by atoms with Gasteiger partial charge in [0.05, 0.1) is 0 Å². The molecule has 0 N–H and O–H groups in total. The quantitative estimate of drug-likeness (QED) is 0.461. The van der Waals surface area contributed by atoms with E-state index >= 15 is 0 Å². The molecule has 9 atom stereocenters. The van der Waals surface area contributed by atoms with E-state index in [2.05, 4.69) is 68.9 Å². The van der Waals surface area contributed by atoms with Crippen molar-refractivity contribution >= 4 is 0 Å². The topological polar surface area (TPSA) is 0 Å². The van der Waals surface area contributed by atoms with Gasteiger partial charge in [0, 0.05) is 0 Å². The molecule has 130 valence electrons. The van der Waals surface area contributed by atoms with Gasteiger partial charge in [-0.1, -0.05) is 67.5 Å². The molecule has 0 aliphatic heterocycles. The van der Waals surface area contributed by atoms with Gasteiger partial charge in [-0.05, 0) is 73.0 Å². The smallest absolute Gasteiger partial charge is 0.0209 e. The highest BCUT2D eigenvalue weighted by Gasteiger charge is 2.37. The summed E-state index contributed by atoms with van der Waals surface area (Å²) >= 11 is 0. The van der Waals surface area contributed by atoms with Gasteiger partial charge in [-0.3, -0.25) is 0 Å². The molecule has 0 amide bonds. The van der Waals surface area contributed by atoms with Crippen molar-refractivity contribution < 1.29 is 0 Å². The van der Waals surface area contributed by atoms with Crippen molar-refractivity contribution in [2.75, 3.05) is 0 Å². The van der Waals surface area contributed by atoms with E-state index in [4.69, 9.17) is 0 Å². The Morgan fingerprint density at radius 1 is 0.773 bits per heavy atom. The SMILES string of the molecule is C=C(C)C(C)C(C)C(C)C(C)C(C)C1CC(C)C(C)CC1C. The minimum absolute atomic E-state index is 0.632. The van der Waals surface area contributed by atoms with E-state index in [9.17, 15) is 0 Å². The fourth-order valence-electron chi connectivity index (χ4n) is 4.87. The van der Waals surface area contributed by atoms with Crippen molar-refractivity contribution in [1.82, 2.24) is 0 Å². The standard InChI is InChI=1S/C22H42/c1-13(2)17(6)18(7)19(8)20(9)21(10)22-12-15(4)14(3)11-16(22)5/h14-22H,1,11-12H2,2-10H3. The number of allylic oxidation sites excluding steroid dienone is 1. The largest absolute Gasteiger partial charge is 0.0999 e. The van der Waals surface area contributed by atoms with Crippen LogP contribution in [0.5, 0.6) is 0 Å². The average Bonchev–Trinajstić information content (AvgIpc) is 2.46. The number of rotatable bonds is 6. The lowest BCUT2D eigenvalue weighted by Crippen LogP contribution is -2.37. The monoisotopic (exact) mass is 306 g/mol. The van der Waals surface area contributed by atoms with E-state index in [1.807, 2.05) is 0 Å². The van der Waals surface area contributed by atoms with Crippen LogP contribution >= 0.6 is 0 Å². The summed E-state index contributed by atoms with van der Waals surface area (Å²) in [6.45, 7) is 26.1. The van der Waals surface area contributed by atoms with Gasteiger partial charge in [-0.15, -0.1) is 0 Å². The maximum atomic E-state index is 4.18. The fraction of sp³-hybridized carbons (Fsp3) is 0.909. The Hall–Kier alpha value is -0.260. The third-order valence-corrected chi connectivity index (χ3v) is 7.82. The van der Waals surface area contributed by atoms with Gasteiger partial charge in [0.2, 0.25) is 0 Å². The molecule has 1 saturated carbocycles. The van der Waals surface area contributed by atoms with Crippen molar-refractivity contribution in [3.8, 4) is 0 Å². The van der Waals surface area contributed by atoms with Crippen LogP contribution in [0.1, 0.15) is 75.2 Å². The highest BCUT2D eigenvalue weighted by atomic mass is 14.4. The van der Waals surface area contributed by atoms with Gasteiger partial charge in [0.15, 0.2) is 0 Å². The highest BCUT2D eigenvalue weighted by molar-refractivity contribution is 4.98. The normalized spacial score (nSPS) is 36.2. The molecule has 22 heavy (non-hydrogen) atoms. The van der Waals surface area contributed by atoms with Crippen molar-refractivity contribution in [3.63, 3.8) is 0 Å². The third-order valence-electron chi connectivity index (χ3n) is 7.82. The second-order valence-electron chi connectivity index (χ2n) is 9.14. The molecule has 0 aromatic heterocycles. The lowest BCUT2D eigenvalue weighted by Gasteiger charge is -2.44. The van der Waals surface area contributed by atoms with E-state index in [0.717, 1.165) is 47.3 Å². The maximum Gasteiger partial charge on any atom is -0.0209 e. The van der Waals surface area contributed by atoms with E-state index in [0.29, 0.717) is 5.92 Å². The van der Waals surface area contributed by atoms with Gasteiger partial charge in [0.1, 0.15) is 0 Å². The van der Waals surface area contributed by atoms with Gasteiger partial charge in [-0.2, -0.15) is 0 Å². The molecule has 0 aromatic carbocycles. The maximum absolute atomic E-state index is 4.18. The minimum atomic E-state index is 0.632. The Labute approximate surface area is 141 Å². The Balaban J connectivity index is 2.74. The van der Waals surface area contributed by atoms with Crippen LogP contribution in [0.3, 0.4) is 0 Å². The van der Waals surface area contributed by atoms with Crippen LogP contribution in [-0.4, -0.2) is 0 Å². The van der Waals surface area contributed by atoms with E-state index < -0.39 is 0 Å². The summed E-state index contributed by atoms with van der Waals surface area (Å²) < 4.78 is 0. The molecule has 0 radical (unpaired) electrons. The Morgan fingerprint density at radius 2 is 1.27 bits per heavy atom. The molecule has 1 aliphatic rings. The van der Waals surface area contributed by atoms with Crippen LogP contribution in [0.2, 0.25) is 0 Å². The third kappa shape index (κ3) is 4.39. The summed E-state index contributed by atoms with van der Waals surface area (Å²) in [5.74, 6) is 7.37. The van der Waals surface area contributed by atoms with Crippen molar-refractivity contribution in [2.45, 2.75) is 75.2 Å². The number of hydrogen-bond acceptors (Lipinski definition) is 0. The molecular formula is C22H42. The summed E-state index contributed by atoms with van der Waals surface area (Å²) in [5, 5.41) is 0. The summed E-state index contributed by atoms with van der Waals surface area (Å²) in [4.78, 5) is 0. The molecule has 9 unspecified atom stereocenters. The Kier molecular flexibility index (Phi) is 7.21. The van der Waals surface area contributed by atoms with Gasteiger partial charge in [-0.25, -0.2) is 0 Å². The van der Waals surface area contributed by atoms with Gasteiger partial charge in [0.25, 0.3) is 0 Å². The molecule has 1 fully saturated rings. The van der Waals surface area contributed by atoms with Crippen LogP contribution in [0.15, 0.2) is 12.2 Å². The lowest BCUT2D eigenvalue weighted by molar-refractivity contribution is 0.0532. The van der Waals surface area contributed by atoms with Crippen LogP contribution in [-0.2, 0) is 0 Å². The predicted molar refractivity (Wildman–Crippen MR) is 101 cm³/mol. The molecular weight excluding hydrogens is 264 g/mol. The number of hydrogen-bond donors (Lipinski definition) is 0. The van der Waals surface area contributed by atoms with Crippen LogP contribution in [0.4, 0.5) is 0 Å². The fourth-order valence-corrected chi connectivity index (χ4v) is 4.87. The van der Waals surface area contributed by atoms with Gasteiger partial charge < -0.3 is 0 Å². The first-order valence-corrected chi connectivity index (χ1v) is 9.73. The zero-order valence-electron chi connectivity index (χ0n) is 16.8. The Morgan fingerprint density at radius 3 is 1.77 bits per heavy atom. The van der Waals surface area contributed by atoms with Gasteiger partial charge >= 0.3 is 0 Å². The minimum Gasteiger partial charge on any atom is -0.0999 e. The lowest BCUT2D eigenvalue weighted by atomic mass is 9.61. The van der Waals surface area contributed by atoms with Crippen molar-refractivity contribution in [1.29, 1.82) is 0 Å². The van der Waals surface area contributed by atoms with Crippen LogP contribution in [0.25, 0.3) is 0 Å². The molecule has 0 aromatic rings. The van der Waals surface area contributed by atoms with E-state index in [-0.39, 0.29) is 0 Å². The van der Waals surface area contributed by atoms with Crippen molar-refractivity contribution in [2.24, 2.45) is 53.3 Å². The molecule has 0 spiro atoms. The summed E-state index contributed by atoms with van der Waals surface area (Å²) in [7, 11) is 0. The second kappa shape index (κ2) is 8.02. The zero-order valence-corrected chi connectivity index (χ0v) is 16.8. The molecule has 0 heteroatoms. The first kappa shape index (κ1) is 19.8. The summed E-state index contributed by atoms with van der Waals surface area (Å²) in [5.41, 5.74) is 1.34. The second-order valence-corrected chi connectivity index (χ2v) is 9.14. The Bertz CT molecular complexity index is 355. The first-order chi connectivity index (χ1) is 10.1. The molecule has 1 rings (SSSR count). The predicted octanol–water partition coefficient (Wildman–Crippen LogP) is 7.06. The van der Waals surface area contributed by atoms with E-state index in [1.165, 1.54) is 18.4 Å². The average molecular weight is 307 g/mol. The first-order valence-electron chi connectivity index (χ1n) is 9.73. The van der Waals surface area contributed by atoms with E-state index in [1.54, 1.807) is 0 Å².